The Morgan fingerprint density at radius 1 is 1.25 bits per heavy atom. The van der Waals surface area contributed by atoms with Gasteiger partial charge >= 0.3 is 6.18 Å². The summed E-state index contributed by atoms with van der Waals surface area (Å²) in [6, 6.07) is 1.75. The van der Waals surface area contributed by atoms with E-state index in [9.17, 15) is 27.2 Å². The van der Waals surface area contributed by atoms with Gasteiger partial charge in [0, 0.05) is 6.54 Å². The van der Waals surface area contributed by atoms with Gasteiger partial charge in [0.2, 0.25) is 0 Å². The summed E-state index contributed by atoms with van der Waals surface area (Å²) in [6.07, 6.45) is -2.51. The lowest BCUT2D eigenvalue weighted by Gasteiger charge is -2.27. The molecule has 9 heteroatoms. The lowest BCUT2D eigenvalue weighted by atomic mass is 10.0. The zero-order valence-electron chi connectivity index (χ0n) is 12.0. The summed E-state index contributed by atoms with van der Waals surface area (Å²) in [5.74, 6) is -2.82. The summed E-state index contributed by atoms with van der Waals surface area (Å²) >= 11 is 4.84. The Kier molecular flexibility index (Phi) is 4.83. The topological polar surface area (TPSA) is 49.4 Å². The molecule has 2 rings (SSSR count). The van der Waals surface area contributed by atoms with Crippen LogP contribution < -0.4 is 5.32 Å². The van der Waals surface area contributed by atoms with Crippen molar-refractivity contribution >= 4 is 35.2 Å². The van der Waals surface area contributed by atoms with Crippen molar-refractivity contribution in [1.29, 1.82) is 0 Å². The van der Waals surface area contributed by atoms with Crippen molar-refractivity contribution < 1.29 is 27.2 Å². The molecule has 1 N–H and O–H groups in total. The van der Waals surface area contributed by atoms with Gasteiger partial charge in [-0.25, -0.2) is 4.39 Å². The minimum atomic E-state index is -4.76. The van der Waals surface area contributed by atoms with Crippen molar-refractivity contribution in [2.45, 2.75) is 6.18 Å². The van der Waals surface area contributed by atoms with Crippen LogP contribution in [0.15, 0.2) is 36.4 Å². The second kappa shape index (κ2) is 6.52. The number of hydrogen-bond donors (Lipinski definition) is 1. The van der Waals surface area contributed by atoms with Crippen molar-refractivity contribution in [3.05, 3.63) is 53.4 Å². The van der Waals surface area contributed by atoms with Crippen LogP contribution in [0.25, 0.3) is 6.08 Å². The van der Waals surface area contributed by atoms with Gasteiger partial charge < -0.3 is 0 Å². The Morgan fingerprint density at radius 3 is 2.50 bits per heavy atom. The number of rotatable bonds is 3. The van der Waals surface area contributed by atoms with E-state index in [4.69, 9.17) is 12.2 Å². The number of halogens is 4. The van der Waals surface area contributed by atoms with Crippen LogP contribution >= 0.6 is 12.2 Å². The van der Waals surface area contributed by atoms with Gasteiger partial charge in [0.05, 0.1) is 5.56 Å². The van der Waals surface area contributed by atoms with Gasteiger partial charge in [0.15, 0.2) is 5.11 Å². The molecule has 0 aromatic heterocycles. The number of amides is 2. The van der Waals surface area contributed by atoms with Crippen LogP contribution in [0.2, 0.25) is 0 Å². The van der Waals surface area contributed by atoms with E-state index in [1.54, 1.807) is 0 Å². The zero-order chi connectivity index (χ0) is 18.1. The van der Waals surface area contributed by atoms with Crippen LogP contribution in [0.1, 0.15) is 11.1 Å². The SMILES string of the molecule is C=CCN1C(=O)/C(=C/c2cc(F)cc(C(F)(F)F)c2)C(=O)NC1=S. The van der Waals surface area contributed by atoms with Gasteiger partial charge in [-0.05, 0) is 42.1 Å². The van der Waals surface area contributed by atoms with Crippen molar-refractivity contribution in [3.8, 4) is 0 Å². The fourth-order valence-corrected chi connectivity index (χ4v) is 2.27. The Morgan fingerprint density at radius 2 is 1.92 bits per heavy atom. The first kappa shape index (κ1) is 17.8. The maximum atomic E-state index is 13.4. The molecular formula is C15H10F4N2O2S. The Labute approximate surface area is 139 Å². The highest BCUT2D eigenvalue weighted by molar-refractivity contribution is 7.80. The molecule has 0 spiro atoms. The van der Waals surface area contributed by atoms with E-state index in [1.807, 2.05) is 0 Å². The summed E-state index contributed by atoms with van der Waals surface area (Å²) in [5, 5.41) is 2.10. The summed E-state index contributed by atoms with van der Waals surface area (Å²) in [7, 11) is 0. The molecule has 0 radical (unpaired) electrons. The number of carbonyl (C=O) groups is 2. The van der Waals surface area contributed by atoms with Gasteiger partial charge in [0.1, 0.15) is 11.4 Å². The first-order valence-electron chi connectivity index (χ1n) is 6.51. The summed E-state index contributed by atoms with van der Waals surface area (Å²) in [4.78, 5) is 25.1. The van der Waals surface area contributed by atoms with E-state index < -0.39 is 34.9 Å². The molecular weight excluding hydrogens is 348 g/mol. The third kappa shape index (κ3) is 3.67. The molecule has 24 heavy (non-hydrogen) atoms. The highest BCUT2D eigenvalue weighted by atomic mass is 32.1. The molecule has 0 aliphatic carbocycles. The molecule has 4 nitrogen and oxygen atoms in total. The minimum absolute atomic E-state index is 0.00619. The summed E-state index contributed by atoms with van der Waals surface area (Å²) in [6.45, 7) is 3.45. The van der Waals surface area contributed by atoms with E-state index in [-0.39, 0.29) is 17.2 Å². The number of nitrogens with zero attached hydrogens (tertiary/aromatic N) is 1. The first-order chi connectivity index (χ1) is 11.1. The van der Waals surface area contributed by atoms with Crippen LogP contribution in [-0.2, 0) is 15.8 Å². The third-order valence-corrected chi connectivity index (χ3v) is 3.38. The normalized spacial score (nSPS) is 17.2. The molecule has 1 saturated heterocycles. The Hall–Kier alpha value is -2.55. The minimum Gasteiger partial charge on any atom is -0.298 e. The van der Waals surface area contributed by atoms with E-state index >= 15 is 0 Å². The van der Waals surface area contributed by atoms with Crippen LogP contribution in [0.5, 0.6) is 0 Å². The second-order valence-electron chi connectivity index (χ2n) is 4.79. The predicted octanol–water partition coefficient (Wildman–Crippen LogP) is 2.66. The average molecular weight is 358 g/mol. The highest BCUT2D eigenvalue weighted by Crippen LogP contribution is 2.31. The van der Waals surface area contributed by atoms with E-state index in [2.05, 4.69) is 11.9 Å². The first-order valence-corrected chi connectivity index (χ1v) is 6.92. The molecule has 0 saturated carbocycles. The largest absolute Gasteiger partial charge is 0.416 e. The smallest absolute Gasteiger partial charge is 0.298 e. The molecule has 0 bridgehead atoms. The van der Waals surface area contributed by atoms with Gasteiger partial charge in [-0.3, -0.25) is 19.8 Å². The van der Waals surface area contributed by atoms with Crippen LogP contribution in [0, 0.1) is 5.82 Å². The van der Waals surface area contributed by atoms with Crippen LogP contribution in [-0.4, -0.2) is 28.4 Å². The molecule has 1 aliphatic rings. The predicted molar refractivity (Wildman–Crippen MR) is 82.0 cm³/mol. The van der Waals surface area contributed by atoms with Gasteiger partial charge in [0.25, 0.3) is 11.8 Å². The number of benzene rings is 1. The van der Waals surface area contributed by atoms with Gasteiger partial charge in [-0.1, -0.05) is 6.08 Å². The quantitative estimate of drug-likeness (QED) is 0.297. The number of nitrogens with one attached hydrogen (secondary N) is 1. The number of hydrogen-bond acceptors (Lipinski definition) is 3. The van der Waals surface area contributed by atoms with Crippen LogP contribution in [0.4, 0.5) is 17.6 Å². The molecule has 1 aromatic carbocycles. The van der Waals surface area contributed by atoms with Crippen molar-refractivity contribution in [3.63, 3.8) is 0 Å². The number of thiocarbonyl (C=S) groups is 1. The van der Waals surface area contributed by atoms with Crippen molar-refractivity contribution in [2.24, 2.45) is 0 Å². The van der Waals surface area contributed by atoms with E-state index in [0.29, 0.717) is 12.1 Å². The molecule has 2 amide bonds. The fourth-order valence-electron chi connectivity index (χ4n) is 2.01. The molecule has 0 atom stereocenters. The van der Waals surface area contributed by atoms with Crippen LogP contribution in [0.3, 0.4) is 0 Å². The Balaban J connectivity index is 2.48. The number of alkyl halides is 3. The summed E-state index contributed by atoms with van der Waals surface area (Å²) in [5.41, 5.74) is -1.95. The van der Waals surface area contributed by atoms with Gasteiger partial charge in [-0.15, -0.1) is 6.58 Å². The fraction of sp³-hybridized carbons (Fsp3) is 0.133. The third-order valence-electron chi connectivity index (χ3n) is 3.06. The maximum Gasteiger partial charge on any atom is 0.416 e. The maximum absolute atomic E-state index is 13.4. The highest BCUT2D eigenvalue weighted by Gasteiger charge is 2.34. The Bertz CT molecular complexity index is 771. The lowest BCUT2D eigenvalue weighted by Crippen LogP contribution is -2.53. The molecule has 1 heterocycles. The number of carbonyl (C=O) groups excluding carboxylic acids is 2. The molecule has 1 aliphatic heterocycles. The summed E-state index contributed by atoms with van der Waals surface area (Å²) < 4.78 is 51.6. The van der Waals surface area contributed by atoms with E-state index in [1.165, 1.54) is 6.08 Å². The average Bonchev–Trinajstić information content (AvgIpc) is 2.46. The van der Waals surface area contributed by atoms with Crippen molar-refractivity contribution in [2.75, 3.05) is 6.54 Å². The molecule has 126 valence electrons. The molecule has 1 aromatic rings. The molecule has 1 fully saturated rings. The standard InChI is InChI=1S/C15H10F4N2O2S/c1-2-3-21-13(23)11(12(22)20-14(21)24)6-8-4-9(15(17,18)19)7-10(16)5-8/h2,4-7H,1,3H2,(H,20,22,24)/b11-6+. The zero-order valence-corrected chi connectivity index (χ0v) is 12.8. The second-order valence-corrected chi connectivity index (χ2v) is 5.18. The lowest BCUT2D eigenvalue weighted by molar-refractivity contribution is -0.137. The monoisotopic (exact) mass is 358 g/mol. The van der Waals surface area contributed by atoms with E-state index in [0.717, 1.165) is 17.0 Å². The molecule has 0 unspecified atom stereocenters. The van der Waals surface area contributed by atoms with Crippen molar-refractivity contribution in [1.82, 2.24) is 10.2 Å². The van der Waals surface area contributed by atoms with Gasteiger partial charge in [-0.2, -0.15) is 13.2 Å².